The summed E-state index contributed by atoms with van der Waals surface area (Å²) in [7, 11) is 0. The second-order valence-electron chi connectivity index (χ2n) is 2.78. The molecule has 2 N–H and O–H groups in total. The van der Waals surface area contributed by atoms with E-state index in [1.165, 1.54) is 4.88 Å². The highest BCUT2D eigenvalue weighted by atomic mass is 32.1. The molecule has 2 aromatic rings. The van der Waals surface area contributed by atoms with E-state index in [0.717, 1.165) is 0 Å². The second-order valence-corrected chi connectivity index (χ2v) is 3.76. The van der Waals surface area contributed by atoms with Crippen LogP contribution in [0.5, 0.6) is 0 Å². The van der Waals surface area contributed by atoms with Crippen LogP contribution in [0.1, 0.15) is 10.9 Å². The topological polar surface area (TPSA) is 43.8 Å². The third-order valence-electron chi connectivity index (χ3n) is 1.98. The first-order valence-electron chi connectivity index (χ1n) is 4.12. The van der Waals surface area contributed by atoms with Crippen LogP contribution in [-0.4, -0.2) is 16.1 Å². The molecule has 1 atom stereocenters. The molecule has 3 nitrogen and oxygen atoms in total. The number of nitrogens with two attached hydrogens (primary N) is 1. The Morgan fingerprint density at radius 3 is 3.08 bits per heavy atom. The van der Waals surface area contributed by atoms with Crippen molar-refractivity contribution in [2.45, 2.75) is 6.04 Å². The van der Waals surface area contributed by atoms with Crippen molar-refractivity contribution in [3.8, 4) is 0 Å². The molecule has 2 rings (SSSR count). The molecule has 0 amide bonds. The van der Waals surface area contributed by atoms with Gasteiger partial charge >= 0.3 is 0 Å². The van der Waals surface area contributed by atoms with Gasteiger partial charge in [-0.05, 0) is 11.4 Å². The van der Waals surface area contributed by atoms with Crippen molar-refractivity contribution in [3.05, 3.63) is 41.1 Å². The van der Waals surface area contributed by atoms with Crippen LogP contribution in [0.15, 0.2) is 36.2 Å². The number of hydrogen-bond donors (Lipinski definition) is 1. The van der Waals surface area contributed by atoms with Crippen LogP contribution in [0.4, 0.5) is 0 Å². The maximum atomic E-state index is 5.71. The molecule has 0 bridgehead atoms. The predicted molar refractivity (Wildman–Crippen MR) is 53.7 cm³/mol. The van der Waals surface area contributed by atoms with E-state index in [2.05, 4.69) is 16.4 Å². The summed E-state index contributed by atoms with van der Waals surface area (Å²) in [6.07, 6.45) is 5.52. The van der Waals surface area contributed by atoms with Gasteiger partial charge in [-0.2, -0.15) is 0 Å². The number of rotatable bonds is 3. The van der Waals surface area contributed by atoms with E-state index in [1.54, 1.807) is 23.9 Å². The van der Waals surface area contributed by atoms with Crippen molar-refractivity contribution < 1.29 is 0 Å². The van der Waals surface area contributed by atoms with Crippen LogP contribution < -0.4 is 5.73 Å². The highest BCUT2D eigenvalue weighted by Crippen LogP contribution is 2.21. The second kappa shape index (κ2) is 3.72. The zero-order chi connectivity index (χ0) is 9.10. The van der Waals surface area contributed by atoms with Crippen molar-refractivity contribution in [2.24, 2.45) is 5.73 Å². The van der Waals surface area contributed by atoms with Crippen molar-refractivity contribution in [3.63, 3.8) is 0 Å². The molecule has 0 radical (unpaired) electrons. The van der Waals surface area contributed by atoms with Gasteiger partial charge in [-0.15, -0.1) is 11.3 Å². The summed E-state index contributed by atoms with van der Waals surface area (Å²) in [6, 6.07) is 4.38. The predicted octanol–water partition coefficient (Wildman–Crippen LogP) is 1.49. The summed E-state index contributed by atoms with van der Waals surface area (Å²) < 4.78 is 2.03. The van der Waals surface area contributed by atoms with Crippen molar-refractivity contribution >= 4 is 11.3 Å². The smallest absolute Gasteiger partial charge is 0.0952 e. The molecule has 0 aromatic carbocycles. The molecule has 0 aliphatic rings. The van der Waals surface area contributed by atoms with Crippen LogP contribution in [0.25, 0.3) is 0 Å². The maximum Gasteiger partial charge on any atom is 0.0952 e. The molecule has 0 aliphatic heterocycles. The third-order valence-corrected chi connectivity index (χ3v) is 2.95. The van der Waals surface area contributed by atoms with E-state index in [9.17, 15) is 0 Å². The van der Waals surface area contributed by atoms with Gasteiger partial charge in [0.15, 0.2) is 0 Å². The first-order valence-corrected chi connectivity index (χ1v) is 5.00. The van der Waals surface area contributed by atoms with Gasteiger partial charge in [0.05, 0.1) is 12.4 Å². The van der Waals surface area contributed by atoms with Crippen molar-refractivity contribution in [2.75, 3.05) is 6.54 Å². The lowest BCUT2D eigenvalue weighted by Gasteiger charge is -2.13. The molecule has 68 valence electrons. The van der Waals surface area contributed by atoms with E-state index in [0.29, 0.717) is 6.54 Å². The molecule has 1 unspecified atom stereocenters. The van der Waals surface area contributed by atoms with Gasteiger partial charge in [-0.1, -0.05) is 6.07 Å². The van der Waals surface area contributed by atoms with E-state index >= 15 is 0 Å². The molecule has 0 fully saturated rings. The monoisotopic (exact) mass is 193 g/mol. The molecule has 0 saturated carbocycles. The van der Waals surface area contributed by atoms with Gasteiger partial charge in [-0.25, -0.2) is 4.98 Å². The average molecular weight is 193 g/mol. The molecule has 0 aliphatic carbocycles. The molecular formula is C9H11N3S. The van der Waals surface area contributed by atoms with E-state index < -0.39 is 0 Å². The summed E-state index contributed by atoms with van der Waals surface area (Å²) in [5.41, 5.74) is 5.71. The summed E-state index contributed by atoms with van der Waals surface area (Å²) in [5, 5.41) is 2.06. The van der Waals surface area contributed by atoms with Crippen LogP contribution >= 0.6 is 11.3 Å². The van der Waals surface area contributed by atoms with Gasteiger partial charge in [0.25, 0.3) is 0 Å². The van der Waals surface area contributed by atoms with Gasteiger partial charge in [0, 0.05) is 23.8 Å². The highest BCUT2D eigenvalue weighted by Gasteiger charge is 2.11. The van der Waals surface area contributed by atoms with Crippen LogP contribution in [0, 0.1) is 0 Å². The first kappa shape index (κ1) is 8.47. The Morgan fingerprint density at radius 1 is 1.62 bits per heavy atom. The summed E-state index contributed by atoms with van der Waals surface area (Å²) >= 11 is 1.73. The maximum absolute atomic E-state index is 5.71. The fourth-order valence-electron chi connectivity index (χ4n) is 1.32. The third kappa shape index (κ3) is 1.64. The number of nitrogens with zero attached hydrogens (tertiary/aromatic N) is 2. The quantitative estimate of drug-likeness (QED) is 0.802. The zero-order valence-corrected chi connectivity index (χ0v) is 7.95. The Morgan fingerprint density at radius 2 is 2.54 bits per heavy atom. The van der Waals surface area contributed by atoms with Crippen LogP contribution in [0.3, 0.4) is 0 Å². The highest BCUT2D eigenvalue weighted by molar-refractivity contribution is 7.10. The largest absolute Gasteiger partial charge is 0.328 e. The Kier molecular flexibility index (Phi) is 2.42. The Balaban J connectivity index is 2.29. The van der Waals surface area contributed by atoms with Gasteiger partial charge in [0.2, 0.25) is 0 Å². The molecule has 0 spiro atoms. The molecule has 4 heteroatoms. The van der Waals surface area contributed by atoms with E-state index in [4.69, 9.17) is 5.73 Å². The Hall–Kier alpha value is -1.13. The lowest BCUT2D eigenvalue weighted by atomic mass is 10.2. The zero-order valence-electron chi connectivity index (χ0n) is 7.13. The summed E-state index contributed by atoms with van der Waals surface area (Å²) in [5.74, 6) is 0. The lowest BCUT2D eigenvalue weighted by molar-refractivity contribution is 0.604. The fraction of sp³-hybridized carbons (Fsp3) is 0.222. The Labute approximate surface area is 80.8 Å². The minimum Gasteiger partial charge on any atom is -0.328 e. The Bertz CT molecular complexity index is 305. The van der Waals surface area contributed by atoms with Crippen LogP contribution in [0.2, 0.25) is 0 Å². The van der Waals surface area contributed by atoms with E-state index in [1.807, 2.05) is 16.8 Å². The SMILES string of the molecule is NCC(c1cccs1)n1ccnc1. The number of imidazole rings is 1. The number of thiophene rings is 1. The van der Waals surface area contributed by atoms with E-state index in [-0.39, 0.29) is 6.04 Å². The average Bonchev–Trinajstić information content (AvgIpc) is 2.76. The molecule has 0 saturated heterocycles. The van der Waals surface area contributed by atoms with Crippen molar-refractivity contribution in [1.29, 1.82) is 0 Å². The molecule has 2 heterocycles. The normalized spacial score (nSPS) is 13.0. The summed E-state index contributed by atoms with van der Waals surface area (Å²) in [6.45, 7) is 0.608. The standard InChI is InChI=1S/C9H11N3S/c10-6-8(9-2-1-5-13-9)12-4-3-11-7-12/h1-5,7-8H,6,10H2. The number of aromatic nitrogens is 2. The molecular weight excluding hydrogens is 182 g/mol. The van der Waals surface area contributed by atoms with Gasteiger partial charge < -0.3 is 10.3 Å². The first-order chi connectivity index (χ1) is 6.42. The minimum atomic E-state index is 0.238. The van der Waals surface area contributed by atoms with Gasteiger partial charge in [-0.3, -0.25) is 0 Å². The fourth-order valence-corrected chi connectivity index (χ4v) is 2.17. The number of hydrogen-bond acceptors (Lipinski definition) is 3. The minimum absolute atomic E-state index is 0.238. The summed E-state index contributed by atoms with van der Waals surface area (Å²) in [4.78, 5) is 5.29. The van der Waals surface area contributed by atoms with Crippen molar-refractivity contribution in [1.82, 2.24) is 9.55 Å². The lowest BCUT2D eigenvalue weighted by Crippen LogP contribution is -2.18. The molecule has 13 heavy (non-hydrogen) atoms. The van der Waals surface area contributed by atoms with Gasteiger partial charge in [0.1, 0.15) is 0 Å². The molecule has 2 aromatic heterocycles. The van der Waals surface area contributed by atoms with Crippen LogP contribution in [-0.2, 0) is 0 Å².